The fourth-order valence-corrected chi connectivity index (χ4v) is 2.59. The van der Waals surface area contributed by atoms with Gasteiger partial charge in [0, 0.05) is 24.2 Å². The van der Waals surface area contributed by atoms with Crippen LogP contribution in [0.15, 0.2) is 49.1 Å². The van der Waals surface area contributed by atoms with Crippen molar-refractivity contribution in [3.63, 3.8) is 0 Å². The zero-order valence-corrected chi connectivity index (χ0v) is 14.7. The summed E-state index contributed by atoms with van der Waals surface area (Å²) in [5, 5.41) is 2.92. The molecule has 0 spiro atoms. The van der Waals surface area contributed by atoms with Crippen molar-refractivity contribution in [1.29, 1.82) is 0 Å². The Morgan fingerprint density at radius 2 is 1.88 bits per heavy atom. The van der Waals surface area contributed by atoms with E-state index in [-0.39, 0.29) is 5.91 Å². The number of nitrogens with one attached hydrogen (secondary N) is 1. The first-order chi connectivity index (χ1) is 12.1. The van der Waals surface area contributed by atoms with E-state index in [1.807, 2.05) is 24.3 Å². The molecule has 2 rings (SSSR count). The molecule has 0 bridgehead atoms. The summed E-state index contributed by atoms with van der Waals surface area (Å²) in [5.74, 6) is 1.19. The molecule has 0 aliphatic carbocycles. The van der Waals surface area contributed by atoms with Crippen molar-refractivity contribution in [3.8, 4) is 11.5 Å². The van der Waals surface area contributed by atoms with Gasteiger partial charge in [-0.15, -0.1) is 6.58 Å². The molecule has 0 fully saturated rings. The van der Waals surface area contributed by atoms with Crippen molar-refractivity contribution >= 4 is 5.91 Å². The molecule has 5 heteroatoms. The van der Waals surface area contributed by atoms with E-state index in [1.54, 1.807) is 32.4 Å². The van der Waals surface area contributed by atoms with E-state index in [4.69, 9.17) is 15.2 Å². The minimum Gasteiger partial charge on any atom is -0.493 e. The first kappa shape index (κ1) is 18.5. The summed E-state index contributed by atoms with van der Waals surface area (Å²) >= 11 is 0. The van der Waals surface area contributed by atoms with Gasteiger partial charge in [-0.3, -0.25) is 4.79 Å². The lowest BCUT2D eigenvalue weighted by atomic mass is 10.1. The van der Waals surface area contributed by atoms with E-state index in [1.165, 1.54) is 0 Å². The second-order valence-electron chi connectivity index (χ2n) is 5.57. The molecule has 0 radical (unpaired) electrons. The topological polar surface area (TPSA) is 73.6 Å². The molecule has 3 N–H and O–H groups in total. The van der Waals surface area contributed by atoms with Crippen LogP contribution in [0.2, 0.25) is 0 Å². The van der Waals surface area contributed by atoms with Gasteiger partial charge < -0.3 is 20.5 Å². The summed E-state index contributed by atoms with van der Waals surface area (Å²) < 4.78 is 10.8. The molecule has 25 heavy (non-hydrogen) atoms. The number of nitrogens with two attached hydrogens (primary N) is 1. The minimum atomic E-state index is -0.136. The molecule has 132 valence electrons. The maximum atomic E-state index is 12.3. The number of hydrogen-bond donors (Lipinski definition) is 2. The first-order valence-electron chi connectivity index (χ1n) is 8.04. The zero-order valence-electron chi connectivity index (χ0n) is 14.7. The highest BCUT2D eigenvalue weighted by atomic mass is 16.5. The predicted molar refractivity (Wildman–Crippen MR) is 99.0 cm³/mol. The fraction of sp³-hybridized carbons (Fsp3) is 0.250. The highest BCUT2D eigenvalue weighted by molar-refractivity contribution is 5.94. The summed E-state index contributed by atoms with van der Waals surface area (Å²) in [6, 6.07) is 11.1. The molecule has 5 nitrogen and oxygen atoms in total. The maximum Gasteiger partial charge on any atom is 0.251 e. The Kier molecular flexibility index (Phi) is 6.60. The van der Waals surface area contributed by atoms with Crippen molar-refractivity contribution in [3.05, 3.63) is 71.3 Å². The average Bonchev–Trinajstić information content (AvgIpc) is 2.65. The quantitative estimate of drug-likeness (QED) is 0.725. The zero-order chi connectivity index (χ0) is 18.2. The summed E-state index contributed by atoms with van der Waals surface area (Å²) in [6.07, 6.45) is 2.46. The monoisotopic (exact) mass is 340 g/mol. The molecule has 2 aromatic carbocycles. The van der Waals surface area contributed by atoms with Crippen molar-refractivity contribution in [2.75, 3.05) is 14.2 Å². The van der Waals surface area contributed by atoms with Crippen molar-refractivity contribution in [1.82, 2.24) is 5.32 Å². The smallest absolute Gasteiger partial charge is 0.251 e. The fourth-order valence-electron chi connectivity index (χ4n) is 2.59. The largest absolute Gasteiger partial charge is 0.493 e. The number of carbonyl (C=O) groups excluding carboxylic acids is 1. The van der Waals surface area contributed by atoms with E-state index in [0.29, 0.717) is 36.6 Å². The molecule has 0 aliphatic rings. The summed E-state index contributed by atoms with van der Waals surface area (Å²) in [5.41, 5.74) is 9.06. The van der Waals surface area contributed by atoms with Crippen LogP contribution in [0.25, 0.3) is 0 Å². The van der Waals surface area contributed by atoms with Crippen molar-refractivity contribution in [2.45, 2.75) is 19.5 Å². The summed E-state index contributed by atoms with van der Waals surface area (Å²) in [4.78, 5) is 12.3. The summed E-state index contributed by atoms with van der Waals surface area (Å²) in [6.45, 7) is 4.62. The molecule has 0 atom stereocenters. The number of amides is 1. The van der Waals surface area contributed by atoms with Gasteiger partial charge >= 0.3 is 0 Å². The predicted octanol–water partition coefficient (Wildman–Crippen LogP) is 2.82. The van der Waals surface area contributed by atoms with Gasteiger partial charge in [0.2, 0.25) is 0 Å². The summed E-state index contributed by atoms with van der Waals surface area (Å²) in [7, 11) is 3.20. The van der Waals surface area contributed by atoms with Gasteiger partial charge in [0.25, 0.3) is 5.91 Å². The number of hydrogen-bond acceptors (Lipinski definition) is 4. The van der Waals surface area contributed by atoms with E-state index >= 15 is 0 Å². The third-order valence-electron chi connectivity index (χ3n) is 3.88. The van der Waals surface area contributed by atoms with Crippen LogP contribution < -0.4 is 20.5 Å². The Labute approximate surface area is 148 Å². The molecule has 0 heterocycles. The lowest BCUT2D eigenvalue weighted by Crippen LogP contribution is -2.23. The number of methoxy groups -OCH3 is 2. The Morgan fingerprint density at radius 1 is 1.16 bits per heavy atom. The van der Waals surface area contributed by atoms with Gasteiger partial charge in [0.05, 0.1) is 14.2 Å². The number of ether oxygens (including phenoxy) is 2. The van der Waals surface area contributed by atoms with E-state index in [2.05, 4.69) is 11.9 Å². The third kappa shape index (κ3) is 4.61. The van der Waals surface area contributed by atoms with Crippen LogP contribution in [0.1, 0.15) is 27.0 Å². The molecule has 1 amide bonds. The van der Waals surface area contributed by atoms with Crippen LogP contribution in [0.4, 0.5) is 0 Å². The molecular weight excluding hydrogens is 316 g/mol. The first-order valence-corrected chi connectivity index (χ1v) is 8.04. The highest BCUT2D eigenvalue weighted by Crippen LogP contribution is 2.33. The van der Waals surface area contributed by atoms with Gasteiger partial charge in [-0.1, -0.05) is 18.2 Å². The van der Waals surface area contributed by atoms with Gasteiger partial charge in [-0.05, 0) is 41.8 Å². The number of rotatable bonds is 8. The standard InChI is InChI=1S/C20H24N2O3/c1-4-5-17-10-15(11-18(24-2)19(17)25-3)13-22-20(23)16-8-6-14(12-21)7-9-16/h4,6-11H,1,5,12-13,21H2,2-3H3,(H,22,23). The van der Waals surface area contributed by atoms with E-state index < -0.39 is 0 Å². The number of benzene rings is 2. The van der Waals surface area contributed by atoms with Crippen LogP contribution in [0, 0.1) is 0 Å². The molecule has 0 saturated carbocycles. The normalized spacial score (nSPS) is 10.2. The number of allylic oxidation sites excluding steroid dienone is 1. The van der Waals surface area contributed by atoms with Crippen molar-refractivity contribution < 1.29 is 14.3 Å². The van der Waals surface area contributed by atoms with Gasteiger partial charge in [0.15, 0.2) is 11.5 Å². The van der Waals surface area contributed by atoms with Crippen LogP contribution in [-0.4, -0.2) is 20.1 Å². The van der Waals surface area contributed by atoms with Crippen LogP contribution in [0.5, 0.6) is 11.5 Å². The Hall–Kier alpha value is -2.79. The van der Waals surface area contributed by atoms with Crippen LogP contribution >= 0.6 is 0 Å². The Morgan fingerprint density at radius 3 is 2.44 bits per heavy atom. The number of carbonyl (C=O) groups is 1. The van der Waals surface area contributed by atoms with Crippen molar-refractivity contribution in [2.24, 2.45) is 5.73 Å². The second-order valence-corrected chi connectivity index (χ2v) is 5.57. The van der Waals surface area contributed by atoms with Crippen LogP contribution in [0.3, 0.4) is 0 Å². The molecule has 0 aliphatic heterocycles. The van der Waals surface area contributed by atoms with Gasteiger partial charge in [0.1, 0.15) is 0 Å². The molecule has 0 saturated heterocycles. The molecule has 0 aromatic heterocycles. The maximum absolute atomic E-state index is 12.3. The lowest BCUT2D eigenvalue weighted by Gasteiger charge is -2.15. The lowest BCUT2D eigenvalue weighted by molar-refractivity contribution is 0.0951. The van der Waals surface area contributed by atoms with E-state index in [0.717, 1.165) is 16.7 Å². The molecule has 0 unspecified atom stereocenters. The van der Waals surface area contributed by atoms with Gasteiger partial charge in [-0.25, -0.2) is 0 Å². The molecular formula is C20H24N2O3. The highest BCUT2D eigenvalue weighted by Gasteiger charge is 2.12. The SMILES string of the molecule is C=CCc1cc(CNC(=O)c2ccc(CN)cc2)cc(OC)c1OC. The van der Waals surface area contributed by atoms with Crippen LogP contribution in [-0.2, 0) is 19.5 Å². The van der Waals surface area contributed by atoms with Gasteiger partial charge in [-0.2, -0.15) is 0 Å². The van der Waals surface area contributed by atoms with E-state index in [9.17, 15) is 4.79 Å². The average molecular weight is 340 g/mol. The minimum absolute atomic E-state index is 0.136. The Bertz CT molecular complexity index is 739. The second kappa shape index (κ2) is 8.89. The molecule has 2 aromatic rings. The Balaban J connectivity index is 2.14. The third-order valence-corrected chi connectivity index (χ3v) is 3.88.